The van der Waals surface area contributed by atoms with Gasteiger partial charge < -0.3 is 9.64 Å². The summed E-state index contributed by atoms with van der Waals surface area (Å²) in [5, 5.41) is 3.94. The molecule has 1 aromatic heterocycles. The van der Waals surface area contributed by atoms with Gasteiger partial charge in [-0.05, 0) is 42.3 Å². The molecule has 33 heavy (non-hydrogen) atoms. The van der Waals surface area contributed by atoms with Crippen molar-refractivity contribution in [1.29, 1.82) is 0 Å². The standard InChI is InChI=1S/C26H20Cl2N2O2S/c1-2-23-26(31)30(14-16-8-10-19(27)20(28)12-16)22-13-18(9-11-24(22)32-23)21-15-33-25(29-21)17-6-4-3-5-7-17/h3-13,15,23H,2,14H2,1H3. The highest BCUT2D eigenvalue weighted by atomic mass is 35.5. The van der Waals surface area contributed by atoms with Gasteiger partial charge in [0.05, 0.1) is 28.0 Å². The Hall–Kier alpha value is -2.86. The van der Waals surface area contributed by atoms with Crippen molar-refractivity contribution in [1.82, 2.24) is 4.98 Å². The van der Waals surface area contributed by atoms with Gasteiger partial charge in [-0.25, -0.2) is 4.98 Å². The predicted octanol–water partition coefficient (Wildman–Crippen LogP) is 7.49. The van der Waals surface area contributed by atoms with Crippen LogP contribution in [0.15, 0.2) is 72.1 Å². The van der Waals surface area contributed by atoms with Gasteiger partial charge in [0.15, 0.2) is 6.10 Å². The second-order valence-corrected chi connectivity index (χ2v) is 9.45. The number of benzene rings is 3. The molecule has 0 N–H and O–H groups in total. The SMILES string of the molecule is CCC1Oc2ccc(-c3csc(-c4ccccc4)n3)cc2N(Cc2ccc(Cl)c(Cl)c2)C1=O. The number of ether oxygens (including phenoxy) is 1. The van der Waals surface area contributed by atoms with Crippen LogP contribution in [0.5, 0.6) is 5.75 Å². The number of anilines is 1. The van der Waals surface area contributed by atoms with Gasteiger partial charge in [0, 0.05) is 16.5 Å². The Kier molecular flexibility index (Phi) is 6.11. The molecule has 0 spiro atoms. The van der Waals surface area contributed by atoms with Crippen LogP contribution in [0, 0.1) is 0 Å². The number of carbonyl (C=O) groups excluding carboxylic acids is 1. The molecule has 2 heterocycles. The molecule has 5 rings (SSSR count). The van der Waals surface area contributed by atoms with Gasteiger partial charge in [-0.1, -0.05) is 66.5 Å². The predicted molar refractivity (Wildman–Crippen MR) is 135 cm³/mol. The van der Waals surface area contributed by atoms with Crippen molar-refractivity contribution >= 4 is 46.1 Å². The van der Waals surface area contributed by atoms with E-state index in [1.165, 1.54) is 0 Å². The number of aromatic nitrogens is 1. The molecule has 4 nitrogen and oxygen atoms in total. The quantitative estimate of drug-likeness (QED) is 0.288. The summed E-state index contributed by atoms with van der Waals surface area (Å²) in [5.74, 6) is 0.611. The van der Waals surface area contributed by atoms with E-state index in [0.29, 0.717) is 28.8 Å². The third kappa shape index (κ3) is 4.36. The van der Waals surface area contributed by atoms with Crippen molar-refractivity contribution in [3.8, 4) is 27.6 Å². The maximum atomic E-state index is 13.2. The van der Waals surface area contributed by atoms with E-state index in [9.17, 15) is 4.79 Å². The lowest BCUT2D eigenvalue weighted by atomic mass is 10.1. The Morgan fingerprint density at radius 3 is 2.58 bits per heavy atom. The zero-order valence-corrected chi connectivity index (χ0v) is 20.1. The van der Waals surface area contributed by atoms with Crippen LogP contribution in [-0.2, 0) is 11.3 Å². The molecule has 166 valence electrons. The summed E-state index contributed by atoms with van der Waals surface area (Å²) in [7, 11) is 0. The number of thiazole rings is 1. The van der Waals surface area contributed by atoms with Gasteiger partial charge in [0.2, 0.25) is 0 Å². The minimum atomic E-state index is -0.518. The molecular weight excluding hydrogens is 475 g/mol. The molecule has 3 aromatic carbocycles. The van der Waals surface area contributed by atoms with Crippen molar-refractivity contribution in [3.63, 3.8) is 0 Å². The molecule has 1 aliphatic heterocycles. The number of rotatable bonds is 5. The van der Waals surface area contributed by atoms with Crippen LogP contribution in [0.25, 0.3) is 21.8 Å². The Morgan fingerprint density at radius 2 is 1.82 bits per heavy atom. The first-order chi connectivity index (χ1) is 16.0. The third-order valence-corrected chi connectivity index (χ3v) is 7.21. The second kappa shape index (κ2) is 9.18. The average Bonchev–Trinajstić information content (AvgIpc) is 3.34. The van der Waals surface area contributed by atoms with Crippen molar-refractivity contribution in [3.05, 3.63) is 87.7 Å². The van der Waals surface area contributed by atoms with Crippen molar-refractivity contribution in [2.45, 2.75) is 26.0 Å². The van der Waals surface area contributed by atoms with Crippen molar-refractivity contribution < 1.29 is 9.53 Å². The lowest BCUT2D eigenvalue weighted by molar-refractivity contribution is -0.126. The van der Waals surface area contributed by atoms with E-state index >= 15 is 0 Å². The molecule has 1 unspecified atom stereocenters. The lowest BCUT2D eigenvalue weighted by Gasteiger charge is -2.34. The molecule has 0 aliphatic carbocycles. The molecular formula is C26H20Cl2N2O2S. The highest BCUT2D eigenvalue weighted by Crippen LogP contribution is 2.40. The summed E-state index contributed by atoms with van der Waals surface area (Å²) in [6.45, 7) is 2.32. The fourth-order valence-electron chi connectivity index (χ4n) is 3.84. The summed E-state index contributed by atoms with van der Waals surface area (Å²) < 4.78 is 6.01. The number of halogens is 2. The second-order valence-electron chi connectivity index (χ2n) is 7.77. The number of carbonyl (C=O) groups is 1. The fourth-order valence-corrected chi connectivity index (χ4v) is 5.00. The number of nitrogens with zero attached hydrogens (tertiary/aromatic N) is 2. The van der Waals surface area contributed by atoms with E-state index in [1.54, 1.807) is 28.4 Å². The minimum Gasteiger partial charge on any atom is -0.478 e. The first kappa shape index (κ1) is 22.0. The first-order valence-electron chi connectivity index (χ1n) is 10.6. The number of hydrogen-bond acceptors (Lipinski definition) is 4. The van der Waals surface area contributed by atoms with E-state index < -0.39 is 6.10 Å². The van der Waals surface area contributed by atoms with E-state index in [2.05, 4.69) is 0 Å². The minimum absolute atomic E-state index is 0.0727. The fraction of sp³-hybridized carbons (Fsp3) is 0.154. The molecule has 0 saturated heterocycles. The average molecular weight is 495 g/mol. The van der Waals surface area contributed by atoms with Crippen LogP contribution in [0.3, 0.4) is 0 Å². The first-order valence-corrected chi connectivity index (χ1v) is 12.2. The molecule has 1 aliphatic rings. The molecule has 7 heteroatoms. The van der Waals surface area contributed by atoms with Crippen LogP contribution in [-0.4, -0.2) is 17.0 Å². The van der Waals surface area contributed by atoms with Gasteiger partial charge in [-0.15, -0.1) is 11.3 Å². The third-order valence-electron chi connectivity index (χ3n) is 5.58. The number of hydrogen-bond donors (Lipinski definition) is 0. The van der Waals surface area contributed by atoms with Crippen LogP contribution in [0.4, 0.5) is 5.69 Å². The monoisotopic (exact) mass is 494 g/mol. The number of amides is 1. The lowest BCUT2D eigenvalue weighted by Crippen LogP contribution is -2.45. The van der Waals surface area contributed by atoms with Crippen LogP contribution < -0.4 is 9.64 Å². The summed E-state index contributed by atoms with van der Waals surface area (Å²) in [5.41, 5.74) is 4.49. The van der Waals surface area contributed by atoms with Crippen LogP contribution in [0.2, 0.25) is 10.0 Å². The largest absolute Gasteiger partial charge is 0.478 e. The van der Waals surface area contributed by atoms with Gasteiger partial charge in [0.1, 0.15) is 10.8 Å². The smallest absolute Gasteiger partial charge is 0.268 e. The van der Waals surface area contributed by atoms with Gasteiger partial charge in [-0.2, -0.15) is 0 Å². The zero-order chi connectivity index (χ0) is 22.9. The van der Waals surface area contributed by atoms with E-state index in [4.69, 9.17) is 32.9 Å². The summed E-state index contributed by atoms with van der Waals surface area (Å²) >= 11 is 13.9. The molecule has 1 atom stereocenters. The Morgan fingerprint density at radius 1 is 1.00 bits per heavy atom. The maximum Gasteiger partial charge on any atom is 0.268 e. The highest BCUT2D eigenvalue weighted by molar-refractivity contribution is 7.13. The zero-order valence-electron chi connectivity index (χ0n) is 17.8. The van der Waals surface area contributed by atoms with Crippen molar-refractivity contribution in [2.24, 2.45) is 0 Å². The summed E-state index contributed by atoms with van der Waals surface area (Å²) in [6.07, 6.45) is 0.0693. The van der Waals surface area contributed by atoms with Gasteiger partial charge >= 0.3 is 0 Å². The Labute approximate surface area is 206 Å². The van der Waals surface area contributed by atoms with Gasteiger partial charge in [-0.3, -0.25) is 4.79 Å². The molecule has 0 radical (unpaired) electrons. The van der Waals surface area contributed by atoms with Gasteiger partial charge in [0.25, 0.3) is 5.91 Å². The maximum absolute atomic E-state index is 13.2. The van der Waals surface area contributed by atoms with E-state index in [-0.39, 0.29) is 5.91 Å². The molecule has 0 bridgehead atoms. The Bertz CT molecular complexity index is 1320. The van der Waals surface area contributed by atoms with Crippen LogP contribution >= 0.6 is 34.5 Å². The molecule has 1 amide bonds. The topological polar surface area (TPSA) is 42.4 Å². The summed E-state index contributed by atoms with van der Waals surface area (Å²) in [6, 6.07) is 21.4. The molecule has 0 saturated carbocycles. The van der Waals surface area contributed by atoms with Crippen molar-refractivity contribution in [2.75, 3.05) is 4.90 Å². The highest BCUT2D eigenvalue weighted by Gasteiger charge is 2.33. The normalized spacial score (nSPS) is 15.3. The molecule has 4 aromatic rings. The van der Waals surface area contributed by atoms with E-state index in [1.807, 2.05) is 66.9 Å². The number of fused-ring (bicyclic) bond motifs is 1. The van der Waals surface area contributed by atoms with Crippen LogP contribution in [0.1, 0.15) is 18.9 Å². The summed E-state index contributed by atoms with van der Waals surface area (Å²) in [4.78, 5) is 19.8. The Balaban J connectivity index is 1.52. The van der Waals surface area contributed by atoms with E-state index in [0.717, 1.165) is 33.1 Å². The molecule has 0 fully saturated rings.